The van der Waals surface area contributed by atoms with Gasteiger partial charge < -0.3 is 20.3 Å². The quantitative estimate of drug-likeness (QED) is 0.588. The van der Waals surface area contributed by atoms with Gasteiger partial charge in [0.2, 0.25) is 11.8 Å². The van der Waals surface area contributed by atoms with Crippen molar-refractivity contribution in [2.45, 2.75) is 20.3 Å². The molecule has 0 fully saturated rings. The monoisotopic (exact) mass is 411 g/mol. The first-order valence-corrected chi connectivity index (χ1v) is 9.87. The molecule has 0 saturated carbocycles. The second kappa shape index (κ2) is 11.7. The number of rotatable bonds is 10. The molecule has 30 heavy (non-hydrogen) atoms. The summed E-state index contributed by atoms with van der Waals surface area (Å²) >= 11 is 0. The van der Waals surface area contributed by atoms with Gasteiger partial charge >= 0.3 is 0 Å². The van der Waals surface area contributed by atoms with Gasteiger partial charge in [0.25, 0.3) is 5.91 Å². The van der Waals surface area contributed by atoms with Crippen molar-refractivity contribution in [2.24, 2.45) is 0 Å². The fourth-order valence-corrected chi connectivity index (χ4v) is 2.78. The zero-order valence-electron chi connectivity index (χ0n) is 17.7. The van der Waals surface area contributed by atoms with Crippen molar-refractivity contribution in [3.05, 3.63) is 65.2 Å². The van der Waals surface area contributed by atoms with Crippen LogP contribution in [0.2, 0.25) is 0 Å². The van der Waals surface area contributed by atoms with E-state index in [1.807, 2.05) is 38.1 Å². The highest BCUT2D eigenvalue weighted by Crippen LogP contribution is 2.09. The van der Waals surface area contributed by atoms with E-state index in [1.165, 1.54) is 4.90 Å². The highest BCUT2D eigenvalue weighted by Gasteiger charge is 2.19. The van der Waals surface area contributed by atoms with Crippen molar-refractivity contribution in [3.8, 4) is 0 Å². The number of anilines is 1. The molecule has 0 aliphatic heterocycles. The molecule has 0 saturated heterocycles. The third kappa shape index (κ3) is 7.67. The molecule has 3 amide bonds. The first-order valence-electron chi connectivity index (χ1n) is 9.87. The standard InChI is InChI=1S/C23H29N3O4/c1-17-5-9-19(10-6-17)23(29)26(13-4-14-30-3)16-22(28)24-15-21(27)25-20-11-7-18(2)8-12-20/h5-12H,4,13-16H2,1-3H3,(H,24,28)(H,25,27). The fraction of sp³-hybridized carbons (Fsp3) is 0.348. The van der Waals surface area contributed by atoms with E-state index < -0.39 is 5.91 Å². The topological polar surface area (TPSA) is 87.7 Å². The van der Waals surface area contributed by atoms with E-state index >= 15 is 0 Å². The molecule has 0 aliphatic carbocycles. The number of aryl methyl sites for hydroxylation is 2. The molecular formula is C23H29N3O4. The number of carbonyl (C=O) groups is 3. The van der Waals surface area contributed by atoms with Crippen molar-refractivity contribution in [1.82, 2.24) is 10.2 Å². The van der Waals surface area contributed by atoms with Crippen LogP contribution in [0, 0.1) is 13.8 Å². The third-order valence-electron chi connectivity index (χ3n) is 4.48. The maximum atomic E-state index is 12.8. The maximum Gasteiger partial charge on any atom is 0.254 e. The van der Waals surface area contributed by atoms with Crippen LogP contribution in [0.1, 0.15) is 27.9 Å². The van der Waals surface area contributed by atoms with Crippen molar-refractivity contribution >= 4 is 23.4 Å². The molecule has 0 bridgehead atoms. The molecule has 0 radical (unpaired) electrons. The summed E-state index contributed by atoms with van der Waals surface area (Å²) in [6.07, 6.45) is 0.606. The Morgan fingerprint density at radius 1 is 0.900 bits per heavy atom. The van der Waals surface area contributed by atoms with Crippen molar-refractivity contribution < 1.29 is 19.1 Å². The van der Waals surface area contributed by atoms with Crippen LogP contribution in [-0.4, -0.2) is 56.0 Å². The second-order valence-corrected chi connectivity index (χ2v) is 7.13. The van der Waals surface area contributed by atoms with Gasteiger partial charge in [-0.25, -0.2) is 0 Å². The van der Waals surface area contributed by atoms with Crippen LogP contribution in [0.25, 0.3) is 0 Å². The number of methoxy groups -OCH3 is 1. The number of nitrogens with one attached hydrogen (secondary N) is 2. The van der Waals surface area contributed by atoms with Gasteiger partial charge in [0, 0.05) is 31.5 Å². The zero-order valence-corrected chi connectivity index (χ0v) is 17.7. The van der Waals surface area contributed by atoms with E-state index in [9.17, 15) is 14.4 Å². The molecule has 2 N–H and O–H groups in total. The molecule has 0 spiro atoms. The number of carbonyl (C=O) groups excluding carboxylic acids is 3. The van der Waals surface area contributed by atoms with Gasteiger partial charge in [0.05, 0.1) is 13.1 Å². The second-order valence-electron chi connectivity index (χ2n) is 7.13. The molecule has 0 aliphatic rings. The van der Waals surface area contributed by atoms with Gasteiger partial charge in [-0.05, 0) is 44.5 Å². The van der Waals surface area contributed by atoms with Crippen LogP contribution in [-0.2, 0) is 14.3 Å². The number of amides is 3. The average Bonchev–Trinajstić information content (AvgIpc) is 2.73. The Morgan fingerprint density at radius 2 is 1.50 bits per heavy atom. The maximum absolute atomic E-state index is 12.8. The molecule has 2 aromatic rings. The Balaban J connectivity index is 1.90. The first-order chi connectivity index (χ1) is 14.4. The minimum atomic E-state index is -0.396. The van der Waals surface area contributed by atoms with Crippen LogP contribution >= 0.6 is 0 Å². The number of benzene rings is 2. The lowest BCUT2D eigenvalue weighted by atomic mass is 10.1. The summed E-state index contributed by atoms with van der Waals surface area (Å²) in [7, 11) is 1.59. The van der Waals surface area contributed by atoms with E-state index in [0.29, 0.717) is 30.8 Å². The molecule has 0 heterocycles. The SMILES string of the molecule is COCCCN(CC(=O)NCC(=O)Nc1ccc(C)cc1)C(=O)c1ccc(C)cc1. The Labute approximate surface area is 177 Å². The zero-order chi connectivity index (χ0) is 21.9. The van der Waals surface area contributed by atoms with Crippen molar-refractivity contribution in [1.29, 1.82) is 0 Å². The number of hydrogen-bond acceptors (Lipinski definition) is 4. The molecule has 7 heteroatoms. The normalized spacial score (nSPS) is 10.4. The molecule has 0 aromatic heterocycles. The van der Waals surface area contributed by atoms with E-state index in [0.717, 1.165) is 11.1 Å². The molecule has 2 aromatic carbocycles. The number of hydrogen-bond donors (Lipinski definition) is 2. The Morgan fingerprint density at radius 3 is 2.10 bits per heavy atom. The van der Waals surface area contributed by atoms with Crippen LogP contribution in [0.15, 0.2) is 48.5 Å². The minimum absolute atomic E-state index is 0.131. The average molecular weight is 412 g/mol. The van der Waals surface area contributed by atoms with Gasteiger partial charge in [0.1, 0.15) is 0 Å². The van der Waals surface area contributed by atoms with E-state index in [1.54, 1.807) is 31.4 Å². The summed E-state index contributed by atoms with van der Waals surface area (Å²) in [5, 5.41) is 5.30. The summed E-state index contributed by atoms with van der Waals surface area (Å²) in [4.78, 5) is 38.7. The lowest BCUT2D eigenvalue weighted by Gasteiger charge is -2.22. The van der Waals surface area contributed by atoms with Gasteiger partial charge in [0.15, 0.2) is 0 Å². The molecule has 2 rings (SSSR count). The predicted molar refractivity (Wildman–Crippen MR) is 116 cm³/mol. The van der Waals surface area contributed by atoms with Gasteiger partial charge in [-0.1, -0.05) is 35.4 Å². The first kappa shape index (κ1) is 23.1. The highest BCUT2D eigenvalue weighted by molar-refractivity contribution is 5.98. The summed E-state index contributed by atoms with van der Waals surface area (Å²) < 4.78 is 5.05. The smallest absolute Gasteiger partial charge is 0.254 e. The summed E-state index contributed by atoms with van der Waals surface area (Å²) in [5.41, 5.74) is 3.32. The Hall–Kier alpha value is -3.19. The van der Waals surface area contributed by atoms with Crippen molar-refractivity contribution in [2.75, 3.05) is 38.7 Å². The lowest BCUT2D eigenvalue weighted by molar-refractivity contribution is -0.124. The van der Waals surface area contributed by atoms with Gasteiger partial charge in [-0.15, -0.1) is 0 Å². The van der Waals surface area contributed by atoms with Crippen molar-refractivity contribution in [3.63, 3.8) is 0 Å². The summed E-state index contributed by atoms with van der Waals surface area (Å²) in [6.45, 7) is 4.47. The molecule has 160 valence electrons. The minimum Gasteiger partial charge on any atom is -0.385 e. The van der Waals surface area contributed by atoms with Crippen LogP contribution in [0.4, 0.5) is 5.69 Å². The largest absolute Gasteiger partial charge is 0.385 e. The number of nitrogens with zero attached hydrogens (tertiary/aromatic N) is 1. The predicted octanol–water partition coefficient (Wildman–Crippen LogP) is 2.54. The number of ether oxygens (including phenoxy) is 1. The molecule has 0 unspecified atom stereocenters. The van der Waals surface area contributed by atoms with Gasteiger partial charge in [-0.2, -0.15) is 0 Å². The summed E-state index contributed by atoms with van der Waals surface area (Å²) in [5.74, 6) is -0.958. The lowest BCUT2D eigenvalue weighted by Crippen LogP contribution is -2.43. The van der Waals surface area contributed by atoms with Crippen LogP contribution < -0.4 is 10.6 Å². The molecular weight excluding hydrogens is 382 g/mol. The summed E-state index contributed by atoms with van der Waals surface area (Å²) in [6, 6.07) is 14.6. The van der Waals surface area contributed by atoms with E-state index in [2.05, 4.69) is 10.6 Å². The van der Waals surface area contributed by atoms with Crippen LogP contribution in [0.3, 0.4) is 0 Å². The fourth-order valence-electron chi connectivity index (χ4n) is 2.78. The Kier molecular flexibility index (Phi) is 9.03. The molecule has 0 atom stereocenters. The van der Waals surface area contributed by atoms with Crippen LogP contribution in [0.5, 0.6) is 0 Å². The molecule has 7 nitrogen and oxygen atoms in total. The Bertz CT molecular complexity index is 848. The van der Waals surface area contributed by atoms with Gasteiger partial charge in [-0.3, -0.25) is 14.4 Å². The van der Waals surface area contributed by atoms with E-state index in [-0.39, 0.29) is 24.9 Å². The van der Waals surface area contributed by atoms with E-state index in [4.69, 9.17) is 4.74 Å². The third-order valence-corrected chi connectivity index (χ3v) is 4.48. The highest BCUT2D eigenvalue weighted by atomic mass is 16.5.